The molecule has 0 saturated carbocycles. The van der Waals surface area contributed by atoms with Gasteiger partial charge in [-0.3, -0.25) is 9.58 Å². The molecule has 2 aliphatic heterocycles. The lowest BCUT2D eigenvalue weighted by atomic mass is 9.79. The molecule has 2 aromatic heterocycles. The number of likely N-dealkylation sites (tertiary alicyclic amines) is 1. The fourth-order valence-electron chi connectivity index (χ4n) is 4.45. The molecule has 10 heteroatoms. The highest BCUT2D eigenvalue weighted by atomic mass is 35.5. The molecule has 3 atom stereocenters. The molecule has 0 radical (unpaired) electrons. The van der Waals surface area contributed by atoms with Gasteiger partial charge in [0.05, 0.1) is 29.4 Å². The SMILES string of the molecule is C[C@H]1C[C@@]2(CCN1Cc1cnn(CCS(C)(=O)=O)c1)OCC(C)(O)c1cc(Cl)sc12. The molecule has 0 amide bonds. The van der Waals surface area contributed by atoms with Gasteiger partial charge < -0.3 is 9.84 Å². The summed E-state index contributed by atoms with van der Waals surface area (Å²) in [5.74, 6) is 0.0869. The fraction of sp³-hybridized carbons (Fsp3) is 0.650. The van der Waals surface area contributed by atoms with Crippen molar-refractivity contribution in [3.8, 4) is 0 Å². The van der Waals surface area contributed by atoms with Gasteiger partial charge in [-0.2, -0.15) is 5.10 Å². The normalized spacial score (nSPS) is 30.0. The molecule has 2 aliphatic rings. The van der Waals surface area contributed by atoms with Crippen LogP contribution in [-0.2, 0) is 38.9 Å². The zero-order valence-corrected chi connectivity index (χ0v) is 19.9. The quantitative estimate of drug-likeness (QED) is 0.718. The van der Waals surface area contributed by atoms with Gasteiger partial charge in [-0.25, -0.2) is 8.42 Å². The molecule has 2 aromatic rings. The Labute approximate surface area is 186 Å². The van der Waals surface area contributed by atoms with E-state index in [1.165, 1.54) is 17.6 Å². The van der Waals surface area contributed by atoms with E-state index in [-0.39, 0.29) is 18.4 Å². The second kappa shape index (κ2) is 7.86. The molecule has 1 N–H and O–H groups in total. The third kappa shape index (κ3) is 4.47. The van der Waals surface area contributed by atoms with E-state index in [4.69, 9.17) is 16.3 Å². The molecule has 4 heterocycles. The average molecular weight is 474 g/mol. The summed E-state index contributed by atoms with van der Waals surface area (Å²) >= 11 is 7.82. The maximum atomic E-state index is 11.4. The first kappa shape index (κ1) is 22.2. The molecule has 7 nitrogen and oxygen atoms in total. The lowest BCUT2D eigenvalue weighted by molar-refractivity contribution is -0.167. The van der Waals surface area contributed by atoms with Crippen molar-refractivity contribution in [2.24, 2.45) is 0 Å². The number of rotatable bonds is 5. The first-order chi connectivity index (χ1) is 14.0. The molecule has 0 aliphatic carbocycles. The molecule has 1 spiro atoms. The molecule has 166 valence electrons. The number of piperidine rings is 1. The van der Waals surface area contributed by atoms with Crippen LogP contribution in [0.15, 0.2) is 18.5 Å². The van der Waals surface area contributed by atoms with E-state index in [9.17, 15) is 13.5 Å². The average Bonchev–Trinajstić information content (AvgIpc) is 3.26. The third-order valence-electron chi connectivity index (χ3n) is 6.14. The number of hydrogen-bond donors (Lipinski definition) is 1. The monoisotopic (exact) mass is 473 g/mol. The molecular weight excluding hydrogens is 446 g/mol. The van der Waals surface area contributed by atoms with Crippen molar-refractivity contribution in [3.05, 3.63) is 38.8 Å². The number of nitrogens with zero attached hydrogens (tertiary/aromatic N) is 3. The Morgan fingerprint density at radius 2 is 2.23 bits per heavy atom. The first-order valence-corrected chi connectivity index (χ1v) is 13.3. The Bertz CT molecular complexity index is 1030. The maximum Gasteiger partial charge on any atom is 0.149 e. The molecule has 30 heavy (non-hydrogen) atoms. The van der Waals surface area contributed by atoms with Gasteiger partial charge in [-0.05, 0) is 32.8 Å². The minimum absolute atomic E-state index is 0.0869. The number of aromatic nitrogens is 2. The highest BCUT2D eigenvalue weighted by Gasteiger charge is 2.49. The fourth-order valence-corrected chi connectivity index (χ4v) is 6.50. The molecule has 1 unspecified atom stereocenters. The van der Waals surface area contributed by atoms with E-state index in [0.717, 1.165) is 41.9 Å². The number of ether oxygens (including phenoxy) is 1. The van der Waals surface area contributed by atoms with Crippen LogP contribution < -0.4 is 0 Å². The van der Waals surface area contributed by atoms with Gasteiger partial charge in [0.25, 0.3) is 0 Å². The van der Waals surface area contributed by atoms with E-state index in [0.29, 0.717) is 10.9 Å². The Morgan fingerprint density at radius 3 is 2.93 bits per heavy atom. The Kier molecular flexibility index (Phi) is 5.83. The van der Waals surface area contributed by atoms with E-state index < -0.39 is 21.0 Å². The summed E-state index contributed by atoms with van der Waals surface area (Å²) in [7, 11) is -3.01. The van der Waals surface area contributed by atoms with Gasteiger partial charge in [-0.1, -0.05) is 11.6 Å². The van der Waals surface area contributed by atoms with Crippen molar-refractivity contribution in [1.82, 2.24) is 14.7 Å². The van der Waals surface area contributed by atoms with Crippen molar-refractivity contribution >= 4 is 32.8 Å². The number of aryl methyl sites for hydroxylation is 1. The summed E-state index contributed by atoms with van der Waals surface area (Å²) in [6, 6.07) is 2.16. The second-order valence-electron chi connectivity index (χ2n) is 8.87. The van der Waals surface area contributed by atoms with Crippen LogP contribution in [0.2, 0.25) is 4.34 Å². The first-order valence-electron chi connectivity index (χ1n) is 10.1. The standard InChI is InChI=1S/C20H28ClN3O4S2/c1-14-9-20(18-16(8-17(21)29-18)19(2,25)13-28-20)4-5-23(14)11-15-10-22-24(12-15)6-7-30(3,26)27/h8,10,12,14,25H,4-7,9,11,13H2,1-3H3/t14-,19?,20+/m0/s1. The Balaban J connectivity index is 1.45. The van der Waals surface area contributed by atoms with Crippen molar-refractivity contribution < 1.29 is 18.3 Å². The highest BCUT2D eigenvalue weighted by Crippen LogP contribution is 2.51. The van der Waals surface area contributed by atoms with Crippen LogP contribution in [0.5, 0.6) is 0 Å². The van der Waals surface area contributed by atoms with E-state index in [1.807, 2.05) is 18.5 Å². The number of fused-ring (bicyclic) bond motifs is 2. The summed E-state index contributed by atoms with van der Waals surface area (Å²) in [6.45, 7) is 6.22. The van der Waals surface area contributed by atoms with Crippen molar-refractivity contribution in [3.63, 3.8) is 0 Å². The van der Waals surface area contributed by atoms with Crippen LogP contribution in [0.25, 0.3) is 0 Å². The number of aliphatic hydroxyl groups is 1. The lowest BCUT2D eigenvalue weighted by Crippen LogP contribution is -2.52. The number of sulfone groups is 1. The minimum atomic E-state index is -3.01. The summed E-state index contributed by atoms with van der Waals surface area (Å²) < 4.78 is 31.4. The van der Waals surface area contributed by atoms with Crippen LogP contribution in [0.1, 0.15) is 42.7 Å². The topological polar surface area (TPSA) is 84.7 Å². The van der Waals surface area contributed by atoms with Gasteiger partial charge in [0, 0.05) is 47.6 Å². The minimum Gasteiger partial charge on any atom is -0.383 e. The predicted octanol–water partition coefficient (Wildman–Crippen LogP) is 2.76. The van der Waals surface area contributed by atoms with E-state index in [1.54, 1.807) is 11.6 Å². The summed E-state index contributed by atoms with van der Waals surface area (Å²) in [6.07, 6.45) is 6.63. The van der Waals surface area contributed by atoms with E-state index in [2.05, 4.69) is 16.9 Å². The largest absolute Gasteiger partial charge is 0.383 e. The van der Waals surface area contributed by atoms with Crippen LogP contribution in [0.3, 0.4) is 0 Å². The lowest BCUT2D eigenvalue weighted by Gasteiger charge is -2.49. The maximum absolute atomic E-state index is 11.4. The smallest absolute Gasteiger partial charge is 0.149 e. The number of hydrogen-bond acceptors (Lipinski definition) is 7. The van der Waals surface area contributed by atoms with Crippen LogP contribution in [0, 0.1) is 0 Å². The number of thiophene rings is 1. The van der Waals surface area contributed by atoms with Gasteiger partial charge in [0.2, 0.25) is 0 Å². The summed E-state index contributed by atoms with van der Waals surface area (Å²) in [5, 5.41) is 15.0. The van der Waals surface area contributed by atoms with Crippen molar-refractivity contribution in [2.75, 3.05) is 25.2 Å². The molecule has 0 aromatic carbocycles. The third-order valence-corrected chi connectivity index (χ3v) is 8.51. The molecule has 1 saturated heterocycles. The second-order valence-corrected chi connectivity index (χ2v) is 12.8. The zero-order chi connectivity index (χ0) is 21.7. The Morgan fingerprint density at radius 1 is 1.47 bits per heavy atom. The molecule has 4 rings (SSSR count). The summed E-state index contributed by atoms with van der Waals surface area (Å²) in [4.78, 5) is 3.46. The summed E-state index contributed by atoms with van der Waals surface area (Å²) in [5.41, 5.74) is 0.561. The number of halogens is 1. The van der Waals surface area contributed by atoms with Crippen LogP contribution >= 0.6 is 22.9 Å². The molecular formula is C20H28ClN3O4S2. The van der Waals surface area contributed by atoms with Crippen molar-refractivity contribution in [1.29, 1.82) is 0 Å². The molecule has 0 bridgehead atoms. The van der Waals surface area contributed by atoms with E-state index >= 15 is 0 Å². The molecule has 1 fully saturated rings. The highest BCUT2D eigenvalue weighted by molar-refractivity contribution is 7.90. The van der Waals surface area contributed by atoms with Gasteiger partial charge in [0.15, 0.2) is 0 Å². The van der Waals surface area contributed by atoms with Crippen LogP contribution in [-0.4, -0.2) is 59.4 Å². The van der Waals surface area contributed by atoms with Crippen molar-refractivity contribution in [2.45, 2.75) is 57.0 Å². The van der Waals surface area contributed by atoms with Gasteiger partial charge in [0.1, 0.15) is 21.0 Å². The van der Waals surface area contributed by atoms with Gasteiger partial charge >= 0.3 is 0 Å². The van der Waals surface area contributed by atoms with Gasteiger partial charge in [-0.15, -0.1) is 11.3 Å². The Hall–Kier alpha value is -0.970. The zero-order valence-electron chi connectivity index (χ0n) is 17.5. The van der Waals surface area contributed by atoms with Crippen LogP contribution in [0.4, 0.5) is 0 Å². The predicted molar refractivity (Wildman–Crippen MR) is 118 cm³/mol.